The predicted molar refractivity (Wildman–Crippen MR) is 77.2 cm³/mol. The molecule has 1 fully saturated rings. The van der Waals surface area contributed by atoms with Gasteiger partial charge in [-0.1, -0.05) is 37.1 Å². The van der Waals surface area contributed by atoms with Crippen LogP contribution in [0.25, 0.3) is 0 Å². The number of carbonyl (C=O) groups excluding carboxylic acids is 1. The van der Waals surface area contributed by atoms with Crippen LogP contribution < -0.4 is 10.6 Å². The van der Waals surface area contributed by atoms with Crippen molar-refractivity contribution in [3.63, 3.8) is 0 Å². The lowest BCUT2D eigenvalue weighted by atomic mass is 9.93. The van der Waals surface area contributed by atoms with E-state index in [1.54, 1.807) is 0 Å². The molecule has 3 N–H and O–H groups in total. The van der Waals surface area contributed by atoms with E-state index in [-0.39, 0.29) is 24.1 Å². The first-order valence-electron chi connectivity index (χ1n) is 7.45. The highest BCUT2D eigenvalue weighted by atomic mass is 16.3. The number of amides is 1. The topological polar surface area (TPSA) is 61.4 Å². The number of nitrogens with one attached hydrogen (secondary N) is 2. The highest BCUT2D eigenvalue weighted by Crippen LogP contribution is 2.29. The Balaban J connectivity index is 1.67. The monoisotopic (exact) mass is 274 g/mol. The molecule has 1 heterocycles. The fraction of sp³-hybridized carbons (Fsp3) is 0.562. The third-order valence-corrected chi connectivity index (χ3v) is 4.65. The standard InChI is InChI=1S/C16H22N2O2/c19-11-16(7-3-4-8-16)18-15(20)14-9-12-5-1-2-6-13(12)10-17-14/h1-2,5-6,14,17,19H,3-4,7-11H2,(H,18,20). The van der Waals surface area contributed by atoms with Crippen LogP contribution in [0.15, 0.2) is 24.3 Å². The van der Waals surface area contributed by atoms with E-state index in [2.05, 4.69) is 22.8 Å². The van der Waals surface area contributed by atoms with Gasteiger partial charge in [-0.15, -0.1) is 0 Å². The van der Waals surface area contributed by atoms with Gasteiger partial charge in [-0.05, 0) is 30.4 Å². The maximum absolute atomic E-state index is 12.4. The summed E-state index contributed by atoms with van der Waals surface area (Å²) in [5.74, 6) is 0.0236. The lowest BCUT2D eigenvalue weighted by Gasteiger charge is -2.32. The molecule has 1 aromatic rings. The molecule has 3 rings (SSSR count). The summed E-state index contributed by atoms with van der Waals surface area (Å²) >= 11 is 0. The molecule has 0 spiro atoms. The Morgan fingerprint density at radius 1 is 1.30 bits per heavy atom. The van der Waals surface area contributed by atoms with Gasteiger partial charge in [0.1, 0.15) is 0 Å². The van der Waals surface area contributed by atoms with Crippen molar-refractivity contribution < 1.29 is 9.90 Å². The molecular weight excluding hydrogens is 252 g/mol. The second-order valence-electron chi connectivity index (χ2n) is 6.04. The zero-order valence-electron chi connectivity index (χ0n) is 11.7. The number of aliphatic hydroxyl groups excluding tert-OH is 1. The van der Waals surface area contributed by atoms with E-state index in [4.69, 9.17) is 0 Å². The minimum absolute atomic E-state index is 0.0236. The summed E-state index contributed by atoms with van der Waals surface area (Å²) in [6.45, 7) is 0.780. The Kier molecular flexibility index (Phi) is 3.76. The van der Waals surface area contributed by atoms with Crippen LogP contribution in [0, 0.1) is 0 Å². The fourth-order valence-corrected chi connectivity index (χ4v) is 3.36. The molecule has 4 nitrogen and oxygen atoms in total. The van der Waals surface area contributed by atoms with Gasteiger partial charge in [0.2, 0.25) is 5.91 Å². The van der Waals surface area contributed by atoms with Gasteiger partial charge < -0.3 is 15.7 Å². The molecule has 1 saturated carbocycles. The van der Waals surface area contributed by atoms with Gasteiger partial charge in [0.05, 0.1) is 18.2 Å². The molecule has 2 aliphatic rings. The van der Waals surface area contributed by atoms with Crippen LogP contribution >= 0.6 is 0 Å². The lowest BCUT2D eigenvalue weighted by molar-refractivity contribution is -0.125. The van der Waals surface area contributed by atoms with Gasteiger partial charge in [-0.25, -0.2) is 0 Å². The molecule has 1 unspecified atom stereocenters. The van der Waals surface area contributed by atoms with Gasteiger partial charge in [0.25, 0.3) is 0 Å². The van der Waals surface area contributed by atoms with Crippen molar-refractivity contribution in [3.8, 4) is 0 Å². The van der Waals surface area contributed by atoms with Crippen LogP contribution in [0.1, 0.15) is 36.8 Å². The number of fused-ring (bicyclic) bond motifs is 1. The Morgan fingerprint density at radius 3 is 2.70 bits per heavy atom. The summed E-state index contributed by atoms with van der Waals surface area (Å²) in [4.78, 5) is 12.4. The fourth-order valence-electron chi connectivity index (χ4n) is 3.36. The summed E-state index contributed by atoms with van der Waals surface area (Å²) in [6, 6.07) is 8.05. The van der Waals surface area contributed by atoms with Crippen molar-refractivity contribution >= 4 is 5.91 Å². The van der Waals surface area contributed by atoms with E-state index in [1.807, 2.05) is 12.1 Å². The maximum Gasteiger partial charge on any atom is 0.237 e. The summed E-state index contributed by atoms with van der Waals surface area (Å²) in [7, 11) is 0. The first-order valence-corrected chi connectivity index (χ1v) is 7.45. The third kappa shape index (κ3) is 2.58. The molecule has 0 saturated heterocycles. The molecule has 20 heavy (non-hydrogen) atoms. The molecule has 1 amide bonds. The summed E-state index contributed by atoms with van der Waals surface area (Å²) in [5.41, 5.74) is 2.14. The zero-order valence-corrected chi connectivity index (χ0v) is 11.7. The van der Waals surface area contributed by atoms with Gasteiger partial charge >= 0.3 is 0 Å². The molecule has 1 aliphatic carbocycles. The quantitative estimate of drug-likeness (QED) is 0.774. The second kappa shape index (κ2) is 5.54. The normalized spacial score (nSPS) is 24.1. The SMILES string of the molecule is O=C(NC1(CO)CCCC1)C1Cc2ccccc2CN1. The molecule has 4 heteroatoms. The van der Waals surface area contributed by atoms with Crippen LogP contribution in [0.5, 0.6) is 0 Å². The molecular formula is C16H22N2O2. The van der Waals surface area contributed by atoms with Crippen molar-refractivity contribution in [2.24, 2.45) is 0 Å². The molecule has 0 aromatic heterocycles. The van der Waals surface area contributed by atoms with Crippen LogP contribution in [0.3, 0.4) is 0 Å². The van der Waals surface area contributed by atoms with E-state index in [9.17, 15) is 9.90 Å². The molecule has 1 aromatic carbocycles. The van der Waals surface area contributed by atoms with Crippen molar-refractivity contribution in [3.05, 3.63) is 35.4 Å². The minimum atomic E-state index is -0.379. The molecule has 1 aliphatic heterocycles. The third-order valence-electron chi connectivity index (χ3n) is 4.65. The van der Waals surface area contributed by atoms with Crippen LogP contribution in [-0.4, -0.2) is 29.2 Å². The van der Waals surface area contributed by atoms with E-state index >= 15 is 0 Å². The second-order valence-corrected chi connectivity index (χ2v) is 6.04. The highest BCUT2D eigenvalue weighted by Gasteiger charge is 2.36. The van der Waals surface area contributed by atoms with Gasteiger partial charge in [0.15, 0.2) is 0 Å². The largest absolute Gasteiger partial charge is 0.394 e. The van der Waals surface area contributed by atoms with Crippen molar-refractivity contribution in [1.29, 1.82) is 0 Å². The summed E-state index contributed by atoms with van der Waals surface area (Å²) in [6.07, 6.45) is 4.67. The highest BCUT2D eigenvalue weighted by molar-refractivity contribution is 5.83. The Morgan fingerprint density at radius 2 is 2.00 bits per heavy atom. The number of benzene rings is 1. The maximum atomic E-state index is 12.4. The van der Waals surface area contributed by atoms with Crippen LogP contribution in [-0.2, 0) is 17.8 Å². The lowest BCUT2D eigenvalue weighted by Crippen LogP contribution is -2.56. The van der Waals surface area contributed by atoms with Gasteiger partial charge in [0, 0.05) is 6.54 Å². The number of carbonyl (C=O) groups is 1. The predicted octanol–water partition coefficient (Wildman–Crippen LogP) is 1.12. The first-order chi connectivity index (χ1) is 9.72. The Bertz CT molecular complexity index is 495. The zero-order chi connectivity index (χ0) is 14.0. The number of hydrogen-bond donors (Lipinski definition) is 3. The molecule has 1 atom stereocenters. The van der Waals surface area contributed by atoms with Crippen LogP contribution in [0.4, 0.5) is 0 Å². The smallest absolute Gasteiger partial charge is 0.237 e. The van der Waals surface area contributed by atoms with Crippen LogP contribution in [0.2, 0.25) is 0 Å². The summed E-state index contributed by atoms with van der Waals surface area (Å²) in [5, 5.41) is 16.0. The average Bonchev–Trinajstić information content (AvgIpc) is 2.96. The van der Waals surface area contributed by atoms with Crippen molar-refractivity contribution in [2.75, 3.05) is 6.61 Å². The first kappa shape index (κ1) is 13.6. The number of aliphatic hydroxyl groups is 1. The Labute approximate surface area is 119 Å². The van der Waals surface area contributed by atoms with E-state index in [0.29, 0.717) is 0 Å². The summed E-state index contributed by atoms with van der Waals surface area (Å²) < 4.78 is 0. The molecule has 108 valence electrons. The molecule has 0 bridgehead atoms. The Hall–Kier alpha value is -1.39. The van der Waals surface area contributed by atoms with E-state index in [1.165, 1.54) is 11.1 Å². The van der Waals surface area contributed by atoms with Crippen molar-refractivity contribution in [1.82, 2.24) is 10.6 Å². The van der Waals surface area contributed by atoms with Gasteiger partial charge in [-0.3, -0.25) is 4.79 Å². The van der Waals surface area contributed by atoms with E-state index in [0.717, 1.165) is 38.6 Å². The molecule has 0 radical (unpaired) electrons. The number of rotatable bonds is 3. The minimum Gasteiger partial charge on any atom is -0.394 e. The number of hydrogen-bond acceptors (Lipinski definition) is 3. The van der Waals surface area contributed by atoms with E-state index < -0.39 is 0 Å². The van der Waals surface area contributed by atoms with Crippen molar-refractivity contribution in [2.45, 2.75) is 50.2 Å². The average molecular weight is 274 g/mol. The van der Waals surface area contributed by atoms with Gasteiger partial charge in [-0.2, -0.15) is 0 Å².